The van der Waals surface area contributed by atoms with Crippen LogP contribution in [-0.4, -0.2) is 5.91 Å². The highest BCUT2D eigenvalue weighted by Gasteiger charge is 2.53. The van der Waals surface area contributed by atoms with Crippen molar-refractivity contribution in [3.8, 4) is 0 Å². The largest absolute Gasteiger partial charge is 0.378 e. The van der Waals surface area contributed by atoms with E-state index >= 15 is 0 Å². The summed E-state index contributed by atoms with van der Waals surface area (Å²) >= 11 is 0. The summed E-state index contributed by atoms with van der Waals surface area (Å²) < 4.78 is 0. The van der Waals surface area contributed by atoms with E-state index in [1.807, 2.05) is 18.2 Å². The molecule has 2 bridgehead atoms. The van der Waals surface area contributed by atoms with Crippen molar-refractivity contribution < 1.29 is 4.79 Å². The van der Waals surface area contributed by atoms with Gasteiger partial charge in [0.2, 0.25) is 5.91 Å². The van der Waals surface area contributed by atoms with E-state index in [-0.39, 0.29) is 5.91 Å². The van der Waals surface area contributed by atoms with Crippen LogP contribution in [0, 0.1) is 17.8 Å². The quantitative estimate of drug-likeness (QED) is 0.876. The average molecular weight is 318 g/mol. The van der Waals surface area contributed by atoms with Gasteiger partial charge in [0.05, 0.1) is 6.04 Å². The molecule has 3 nitrogen and oxygen atoms in total. The minimum atomic E-state index is -0.331. The van der Waals surface area contributed by atoms with Crippen molar-refractivity contribution in [2.24, 2.45) is 23.5 Å². The van der Waals surface area contributed by atoms with Gasteiger partial charge in [-0.3, -0.25) is 4.79 Å². The number of fused-ring (bicyclic) bond motifs is 7. The Balaban J connectivity index is 1.64. The standard InChI is InChI=1S/C21H22N2O/c22-21(24)15-8-9-17-16(11-15)18-13-6-7-14(10-13)19(18)20(23-17)12-4-2-1-3-5-12/h1-5,8-9,11,13-14,18-20,23H,6-7,10H2,(H2,22,24)/t13-,14-,18+,19-,20-/m0/s1. The molecule has 0 saturated heterocycles. The van der Waals surface area contributed by atoms with Crippen LogP contribution in [0.4, 0.5) is 5.69 Å². The summed E-state index contributed by atoms with van der Waals surface area (Å²) in [7, 11) is 0. The van der Waals surface area contributed by atoms with Crippen molar-refractivity contribution in [3.63, 3.8) is 0 Å². The number of carbonyl (C=O) groups excluding carboxylic acids is 1. The molecule has 122 valence electrons. The van der Waals surface area contributed by atoms with E-state index in [0.717, 1.165) is 11.8 Å². The fourth-order valence-corrected chi connectivity index (χ4v) is 5.63. The Hall–Kier alpha value is -2.29. The summed E-state index contributed by atoms with van der Waals surface area (Å²) in [5.41, 5.74) is 10.0. The van der Waals surface area contributed by atoms with Crippen molar-refractivity contribution in [2.75, 3.05) is 5.32 Å². The Labute approximate surface area is 142 Å². The van der Waals surface area contributed by atoms with E-state index in [9.17, 15) is 4.79 Å². The van der Waals surface area contributed by atoms with Gasteiger partial charge in [-0.2, -0.15) is 0 Å². The van der Waals surface area contributed by atoms with Crippen LogP contribution < -0.4 is 11.1 Å². The third-order valence-electron chi connectivity index (χ3n) is 6.53. The second kappa shape index (κ2) is 5.10. The molecule has 2 aromatic carbocycles. The van der Waals surface area contributed by atoms with Crippen LogP contribution in [0.1, 0.15) is 52.7 Å². The SMILES string of the molecule is NC(=O)c1ccc2c(c1)[C@H]1[C@H]3CC[C@@H](C3)[C@@H]1[C@H](c1ccccc1)N2. The molecule has 2 saturated carbocycles. The van der Waals surface area contributed by atoms with E-state index in [2.05, 4.69) is 35.6 Å². The lowest BCUT2D eigenvalue weighted by molar-refractivity contribution is 0.1000. The average Bonchev–Trinajstić information content (AvgIpc) is 3.23. The molecule has 1 amide bonds. The van der Waals surface area contributed by atoms with Gasteiger partial charge in [0.25, 0.3) is 0 Å². The maximum Gasteiger partial charge on any atom is 0.248 e. The van der Waals surface area contributed by atoms with Crippen LogP contribution in [0.2, 0.25) is 0 Å². The van der Waals surface area contributed by atoms with Crippen LogP contribution >= 0.6 is 0 Å². The first kappa shape index (κ1) is 14.1. The number of rotatable bonds is 2. The fraction of sp³-hybridized carbons (Fsp3) is 0.381. The molecule has 0 spiro atoms. The van der Waals surface area contributed by atoms with Gasteiger partial charge >= 0.3 is 0 Å². The zero-order valence-corrected chi connectivity index (χ0v) is 13.6. The summed E-state index contributed by atoms with van der Waals surface area (Å²) in [6.07, 6.45) is 4.01. The molecule has 5 atom stereocenters. The molecule has 0 radical (unpaired) electrons. The minimum Gasteiger partial charge on any atom is -0.378 e. The summed E-state index contributed by atoms with van der Waals surface area (Å²) in [5.74, 6) is 2.41. The highest BCUT2D eigenvalue weighted by molar-refractivity contribution is 5.93. The first-order chi connectivity index (χ1) is 11.7. The van der Waals surface area contributed by atoms with Crippen LogP contribution in [0.15, 0.2) is 48.5 Å². The monoisotopic (exact) mass is 318 g/mol. The fourth-order valence-electron chi connectivity index (χ4n) is 5.63. The molecular weight excluding hydrogens is 296 g/mol. The van der Waals surface area contributed by atoms with Gasteiger partial charge < -0.3 is 11.1 Å². The first-order valence-electron chi connectivity index (χ1n) is 8.97. The molecule has 2 fully saturated rings. The summed E-state index contributed by atoms with van der Waals surface area (Å²) in [5, 5.41) is 3.78. The van der Waals surface area contributed by atoms with Crippen molar-refractivity contribution >= 4 is 11.6 Å². The lowest BCUT2D eigenvalue weighted by Crippen LogP contribution is -2.35. The smallest absolute Gasteiger partial charge is 0.248 e. The highest BCUT2D eigenvalue weighted by Crippen LogP contribution is 2.63. The second-order valence-electron chi connectivity index (χ2n) is 7.64. The summed E-state index contributed by atoms with van der Waals surface area (Å²) in [6.45, 7) is 0. The van der Waals surface area contributed by atoms with Crippen LogP contribution in [0.3, 0.4) is 0 Å². The molecular formula is C21H22N2O. The number of carbonyl (C=O) groups is 1. The van der Waals surface area contributed by atoms with E-state index in [1.165, 1.54) is 36.1 Å². The van der Waals surface area contributed by atoms with Gasteiger partial charge in [-0.25, -0.2) is 0 Å². The summed E-state index contributed by atoms with van der Waals surface area (Å²) in [6, 6.07) is 17.1. The van der Waals surface area contributed by atoms with Gasteiger partial charge in [-0.15, -0.1) is 0 Å². The van der Waals surface area contributed by atoms with Gasteiger partial charge in [0.15, 0.2) is 0 Å². The maximum absolute atomic E-state index is 11.6. The molecule has 3 aliphatic rings. The number of benzene rings is 2. The van der Waals surface area contributed by atoms with Crippen LogP contribution in [-0.2, 0) is 0 Å². The van der Waals surface area contributed by atoms with Gasteiger partial charge in [-0.05, 0) is 72.3 Å². The second-order valence-corrected chi connectivity index (χ2v) is 7.64. The Morgan fingerprint density at radius 1 is 1.04 bits per heavy atom. The third kappa shape index (κ3) is 1.94. The van der Waals surface area contributed by atoms with Crippen molar-refractivity contribution in [1.82, 2.24) is 0 Å². The predicted octanol–water partition coefficient (Wildman–Crippen LogP) is 4.08. The molecule has 5 rings (SSSR count). The number of nitrogens with one attached hydrogen (secondary N) is 1. The molecule has 1 heterocycles. The minimum absolute atomic E-state index is 0.331. The van der Waals surface area contributed by atoms with E-state index in [1.54, 1.807) is 0 Å². The normalized spacial score (nSPS) is 32.8. The Morgan fingerprint density at radius 3 is 2.62 bits per heavy atom. The number of primary amides is 1. The number of hydrogen-bond donors (Lipinski definition) is 2. The van der Waals surface area contributed by atoms with E-state index < -0.39 is 0 Å². The van der Waals surface area contributed by atoms with Crippen molar-refractivity contribution in [1.29, 1.82) is 0 Å². The Bertz CT molecular complexity index is 801. The molecule has 3 N–H and O–H groups in total. The number of amides is 1. The number of hydrogen-bond acceptors (Lipinski definition) is 2. The van der Waals surface area contributed by atoms with Crippen molar-refractivity contribution in [2.45, 2.75) is 31.2 Å². The van der Waals surface area contributed by atoms with Gasteiger partial charge in [-0.1, -0.05) is 30.3 Å². The molecule has 2 aromatic rings. The van der Waals surface area contributed by atoms with Crippen LogP contribution in [0.25, 0.3) is 0 Å². The zero-order chi connectivity index (χ0) is 16.3. The Morgan fingerprint density at radius 2 is 1.83 bits per heavy atom. The number of anilines is 1. The van der Waals surface area contributed by atoms with Crippen LogP contribution in [0.5, 0.6) is 0 Å². The maximum atomic E-state index is 11.6. The number of nitrogens with two attached hydrogens (primary N) is 1. The van der Waals surface area contributed by atoms with Gasteiger partial charge in [0.1, 0.15) is 0 Å². The molecule has 3 heteroatoms. The molecule has 1 aliphatic heterocycles. The molecule has 0 aromatic heterocycles. The Kier molecular flexibility index (Phi) is 2.99. The van der Waals surface area contributed by atoms with Crippen molar-refractivity contribution in [3.05, 3.63) is 65.2 Å². The van der Waals surface area contributed by atoms with E-state index in [0.29, 0.717) is 23.4 Å². The zero-order valence-electron chi connectivity index (χ0n) is 13.6. The predicted molar refractivity (Wildman–Crippen MR) is 94.8 cm³/mol. The van der Waals surface area contributed by atoms with E-state index in [4.69, 9.17) is 5.73 Å². The molecule has 24 heavy (non-hydrogen) atoms. The third-order valence-corrected chi connectivity index (χ3v) is 6.53. The summed E-state index contributed by atoms with van der Waals surface area (Å²) in [4.78, 5) is 11.6. The highest BCUT2D eigenvalue weighted by atomic mass is 16.1. The lowest BCUT2D eigenvalue weighted by Gasteiger charge is -2.43. The molecule has 2 aliphatic carbocycles. The topological polar surface area (TPSA) is 55.1 Å². The van der Waals surface area contributed by atoms with Gasteiger partial charge in [0, 0.05) is 11.3 Å². The molecule has 0 unspecified atom stereocenters. The first-order valence-corrected chi connectivity index (χ1v) is 8.97. The lowest BCUT2D eigenvalue weighted by atomic mass is 9.68.